The monoisotopic (exact) mass is 414 g/mol. The number of carboxylic acid groups (broad SMARTS) is 1. The van der Waals surface area contributed by atoms with E-state index in [0.29, 0.717) is 22.0 Å². The zero-order chi connectivity index (χ0) is 21.8. The number of carbonyl (C=O) groups excluding carboxylic acids is 1. The summed E-state index contributed by atoms with van der Waals surface area (Å²) in [5.74, 6) is -1.91. The van der Waals surface area contributed by atoms with Crippen LogP contribution in [0.2, 0.25) is 0 Å². The molecule has 0 saturated heterocycles. The second-order valence-electron chi connectivity index (χ2n) is 6.86. The predicted molar refractivity (Wildman–Crippen MR) is 113 cm³/mol. The molecule has 0 aliphatic carbocycles. The third-order valence-electron chi connectivity index (χ3n) is 4.87. The van der Waals surface area contributed by atoms with Gasteiger partial charge in [-0.1, -0.05) is 78.0 Å². The van der Waals surface area contributed by atoms with Gasteiger partial charge in [0.05, 0.1) is 5.39 Å². The van der Waals surface area contributed by atoms with E-state index in [1.165, 1.54) is 0 Å². The van der Waals surface area contributed by atoms with E-state index in [9.17, 15) is 19.5 Å². The van der Waals surface area contributed by atoms with E-state index in [-0.39, 0.29) is 0 Å². The summed E-state index contributed by atoms with van der Waals surface area (Å²) in [4.78, 5) is 38.3. The summed E-state index contributed by atoms with van der Waals surface area (Å²) < 4.78 is 0.983. The molecule has 1 amide bonds. The number of carboxylic acids is 1. The normalized spacial score (nSPS) is 12.8. The van der Waals surface area contributed by atoms with Gasteiger partial charge in [0.2, 0.25) is 0 Å². The van der Waals surface area contributed by atoms with Crippen LogP contribution in [0.4, 0.5) is 0 Å². The summed E-state index contributed by atoms with van der Waals surface area (Å²) in [6.45, 7) is 0. The summed E-state index contributed by atoms with van der Waals surface area (Å²) in [5.41, 5.74) is 0.792. The third kappa shape index (κ3) is 4.04. The largest absolute Gasteiger partial charge is 0.479 e. The Balaban J connectivity index is 1.79. The van der Waals surface area contributed by atoms with Crippen LogP contribution in [-0.2, 0) is 9.59 Å². The molecule has 0 aliphatic rings. The summed E-state index contributed by atoms with van der Waals surface area (Å²) >= 11 is 0. The highest BCUT2D eigenvalue weighted by Gasteiger charge is 2.30. The summed E-state index contributed by atoms with van der Waals surface area (Å²) in [6, 6.07) is 21.1. The van der Waals surface area contributed by atoms with Gasteiger partial charge in [0.15, 0.2) is 12.1 Å². The number of hydrogen-bond acceptors (Lipinski definition) is 5. The minimum absolute atomic E-state index is 0.309. The number of hydrogen-bond donors (Lipinski definition) is 2. The molecule has 4 aromatic rings. The zero-order valence-corrected chi connectivity index (χ0v) is 16.3. The fraction of sp³-hybridized carbons (Fsp3) is 0.0870. The number of aliphatic carboxylic acids is 1. The molecule has 0 spiro atoms. The molecule has 0 bridgehead atoms. The van der Waals surface area contributed by atoms with Crippen LogP contribution in [0.15, 0.2) is 89.7 Å². The molecule has 2 unspecified atom stereocenters. The minimum atomic E-state index is -1.29. The zero-order valence-electron chi connectivity index (χ0n) is 16.3. The van der Waals surface area contributed by atoms with Gasteiger partial charge < -0.3 is 10.4 Å². The van der Waals surface area contributed by atoms with Gasteiger partial charge in [0.1, 0.15) is 5.52 Å². The van der Waals surface area contributed by atoms with Crippen LogP contribution in [0.1, 0.15) is 23.2 Å². The Kier molecular flexibility index (Phi) is 5.53. The molecule has 1 heterocycles. The van der Waals surface area contributed by atoms with Crippen molar-refractivity contribution in [3.05, 3.63) is 106 Å². The van der Waals surface area contributed by atoms with Crippen LogP contribution in [0.25, 0.3) is 10.9 Å². The van der Waals surface area contributed by atoms with E-state index in [4.69, 9.17) is 0 Å². The Morgan fingerprint density at radius 3 is 2.06 bits per heavy atom. The van der Waals surface area contributed by atoms with Crippen molar-refractivity contribution in [2.24, 2.45) is 0 Å². The number of nitrogens with one attached hydrogen (secondary N) is 1. The molecule has 1 aromatic heterocycles. The average molecular weight is 414 g/mol. The van der Waals surface area contributed by atoms with Crippen LogP contribution in [0, 0.1) is 0 Å². The molecule has 0 aliphatic heterocycles. The second-order valence-corrected chi connectivity index (χ2v) is 6.86. The predicted octanol–water partition coefficient (Wildman–Crippen LogP) is 2.32. The van der Waals surface area contributed by atoms with E-state index in [1.807, 2.05) is 0 Å². The Morgan fingerprint density at radius 1 is 0.839 bits per heavy atom. The molecule has 0 saturated carbocycles. The quantitative estimate of drug-likeness (QED) is 0.501. The highest BCUT2D eigenvalue weighted by molar-refractivity contribution is 5.89. The summed E-state index contributed by atoms with van der Waals surface area (Å²) in [5, 5.41) is 20.6. The van der Waals surface area contributed by atoms with Crippen molar-refractivity contribution in [3.8, 4) is 0 Å². The number of carbonyl (C=O) groups is 2. The van der Waals surface area contributed by atoms with E-state index in [1.54, 1.807) is 84.9 Å². The highest BCUT2D eigenvalue weighted by Crippen LogP contribution is 2.20. The van der Waals surface area contributed by atoms with E-state index >= 15 is 0 Å². The Labute approximate surface area is 176 Å². The van der Waals surface area contributed by atoms with Gasteiger partial charge >= 0.3 is 5.97 Å². The molecule has 2 N–H and O–H groups in total. The van der Waals surface area contributed by atoms with Crippen LogP contribution in [0.3, 0.4) is 0 Å². The maximum atomic E-state index is 13.3. The van der Waals surface area contributed by atoms with Crippen molar-refractivity contribution in [1.29, 1.82) is 0 Å². The summed E-state index contributed by atoms with van der Waals surface area (Å²) in [7, 11) is 0. The maximum Gasteiger partial charge on any atom is 0.330 e. The van der Waals surface area contributed by atoms with E-state index in [0.717, 1.165) is 4.68 Å². The third-order valence-corrected chi connectivity index (χ3v) is 4.87. The standard InChI is InChI=1S/C23H18N4O4/c28-21(24-19(23(30)31)15-9-3-1-4-10-15)20(16-11-5-2-6-12-16)27-22(29)17-13-7-8-14-18(17)25-26-27/h1-14,19-20H,(H,24,28)(H,30,31). The molecule has 4 rings (SSSR count). The molecule has 154 valence electrons. The summed E-state index contributed by atoms with van der Waals surface area (Å²) in [6.07, 6.45) is 0. The van der Waals surface area contributed by atoms with Crippen LogP contribution in [-0.4, -0.2) is 32.0 Å². The van der Waals surface area contributed by atoms with Crippen LogP contribution >= 0.6 is 0 Å². The number of fused-ring (bicyclic) bond motifs is 1. The second kappa shape index (κ2) is 8.58. The molecular weight excluding hydrogens is 396 g/mol. The van der Waals surface area contributed by atoms with Gasteiger partial charge in [0, 0.05) is 0 Å². The first-order chi connectivity index (χ1) is 15.1. The lowest BCUT2D eigenvalue weighted by molar-refractivity contribution is -0.142. The van der Waals surface area contributed by atoms with Crippen molar-refractivity contribution < 1.29 is 14.7 Å². The van der Waals surface area contributed by atoms with Crippen molar-refractivity contribution in [2.45, 2.75) is 12.1 Å². The number of rotatable bonds is 6. The molecule has 3 aromatic carbocycles. The smallest absolute Gasteiger partial charge is 0.330 e. The molecule has 2 atom stereocenters. The Hall–Kier alpha value is -4.33. The van der Waals surface area contributed by atoms with Gasteiger partial charge in [-0.2, -0.15) is 4.68 Å². The fourth-order valence-corrected chi connectivity index (χ4v) is 3.36. The molecular formula is C23H18N4O4. The molecule has 31 heavy (non-hydrogen) atoms. The van der Waals surface area contributed by atoms with Crippen molar-refractivity contribution in [3.63, 3.8) is 0 Å². The van der Waals surface area contributed by atoms with E-state index in [2.05, 4.69) is 15.6 Å². The molecule has 0 fully saturated rings. The Bertz CT molecular complexity index is 1290. The SMILES string of the molecule is O=C(O)C(NC(=O)C(c1ccccc1)n1nnc2ccccc2c1=O)c1ccccc1. The number of aromatic nitrogens is 3. The lowest BCUT2D eigenvalue weighted by Gasteiger charge is -2.21. The van der Waals surface area contributed by atoms with Gasteiger partial charge in [-0.05, 0) is 23.3 Å². The van der Waals surface area contributed by atoms with E-state index < -0.39 is 29.5 Å². The highest BCUT2D eigenvalue weighted by atomic mass is 16.4. The van der Waals surface area contributed by atoms with Crippen molar-refractivity contribution >= 4 is 22.8 Å². The lowest BCUT2D eigenvalue weighted by atomic mass is 10.0. The molecule has 0 radical (unpaired) electrons. The van der Waals surface area contributed by atoms with Crippen molar-refractivity contribution in [2.75, 3.05) is 0 Å². The van der Waals surface area contributed by atoms with Crippen molar-refractivity contribution in [1.82, 2.24) is 20.3 Å². The first-order valence-electron chi connectivity index (χ1n) is 9.53. The topological polar surface area (TPSA) is 114 Å². The van der Waals surface area contributed by atoms with Gasteiger partial charge in [-0.3, -0.25) is 9.59 Å². The first kappa shape index (κ1) is 20.0. The average Bonchev–Trinajstić information content (AvgIpc) is 2.80. The minimum Gasteiger partial charge on any atom is -0.479 e. The fourth-order valence-electron chi connectivity index (χ4n) is 3.36. The number of nitrogens with zero attached hydrogens (tertiary/aromatic N) is 3. The number of benzene rings is 3. The van der Waals surface area contributed by atoms with Gasteiger partial charge in [-0.25, -0.2) is 4.79 Å². The van der Waals surface area contributed by atoms with Gasteiger partial charge in [0.25, 0.3) is 11.5 Å². The van der Waals surface area contributed by atoms with Gasteiger partial charge in [-0.15, -0.1) is 5.10 Å². The number of amides is 1. The van der Waals surface area contributed by atoms with Crippen LogP contribution < -0.4 is 10.9 Å². The molecule has 8 nitrogen and oxygen atoms in total. The first-order valence-corrected chi connectivity index (χ1v) is 9.53. The Morgan fingerprint density at radius 2 is 1.42 bits per heavy atom. The lowest BCUT2D eigenvalue weighted by Crippen LogP contribution is -2.42. The molecule has 8 heteroatoms. The van der Waals surface area contributed by atoms with Crippen LogP contribution in [0.5, 0.6) is 0 Å². The maximum absolute atomic E-state index is 13.3.